The van der Waals surface area contributed by atoms with Gasteiger partial charge in [0.05, 0.1) is 0 Å². The monoisotopic (exact) mass is 409 g/mol. The Kier molecular flexibility index (Phi) is 7.25. The van der Waals surface area contributed by atoms with Crippen molar-refractivity contribution in [2.45, 2.75) is 32.4 Å². The standard InChI is InChI=1S/C14H16ClNO3.C10H8/c1-10-16(9-3-2-4-13(17)19-10)14(18)11-5-7-12(15)8-6-11;1-2-6-10-8-4-3-7-9(10)5-1/h5-8,10H,2-4,9H2,1H3;1-8H. The van der Waals surface area contributed by atoms with Crippen molar-refractivity contribution in [3.63, 3.8) is 0 Å². The summed E-state index contributed by atoms with van der Waals surface area (Å²) in [4.78, 5) is 25.4. The minimum absolute atomic E-state index is 0.140. The van der Waals surface area contributed by atoms with Gasteiger partial charge in [-0.15, -0.1) is 0 Å². The van der Waals surface area contributed by atoms with E-state index in [0.29, 0.717) is 23.6 Å². The molecule has 1 amide bonds. The molecule has 1 saturated heterocycles. The SMILES string of the molecule is CC1OC(=O)CCCCN1C(=O)c1ccc(Cl)cc1.c1ccc2ccccc2c1. The van der Waals surface area contributed by atoms with Crippen LogP contribution >= 0.6 is 11.6 Å². The Morgan fingerprint density at radius 3 is 2.03 bits per heavy atom. The molecule has 0 radical (unpaired) electrons. The predicted octanol–water partition coefficient (Wildman–Crippen LogP) is 5.70. The number of hydrogen-bond donors (Lipinski definition) is 0. The highest BCUT2D eigenvalue weighted by Gasteiger charge is 2.25. The van der Waals surface area contributed by atoms with Gasteiger partial charge in [0.15, 0.2) is 6.23 Å². The van der Waals surface area contributed by atoms with E-state index < -0.39 is 6.23 Å². The fourth-order valence-corrected chi connectivity index (χ4v) is 3.33. The number of esters is 1. The van der Waals surface area contributed by atoms with Crippen LogP contribution in [-0.4, -0.2) is 29.5 Å². The van der Waals surface area contributed by atoms with E-state index in [9.17, 15) is 9.59 Å². The summed E-state index contributed by atoms with van der Waals surface area (Å²) in [6.45, 7) is 2.31. The maximum atomic E-state index is 12.4. The van der Waals surface area contributed by atoms with Crippen molar-refractivity contribution >= 4 is 34.2 Å². The highest BCUT2D eigenvalue weighted by molar-refractivity contribution is 6.30. The van der Waals surface area contributed by atoms with Crippen LogP contribution in [0.5, 0.6) is 0 Å². The number of carbonyl (C=O) groups is 2. The molecule has 0 saturated carbocycles. The van der Waals surface area contributed by atoms with Gasteiger partial charge in [-0.05, 0) is 54.8 Å². The summed E-state index contributed by atoms with van der Waals surface area (Å²) in [5.74, 6) is -0.389. The third-order valence-corrected chi connectivity index (χ3v) is 5.03. The van der Waals surface area contributed by atoms with Gasteiger partial charge in [0.1, 0.15) is 0 Å². The van der Waals surface area contributed by atoms with Crippen LogP contribution < -0.4 is 0 Å². The van der Waals surface area contributed by atoms with Crippen molar-refractivity contribution in [3.05, 3.63) is 83.4 Å². The number of hydrogen-bond acceptors (Lipinski definition) is 3. The third kappa shape index (κ3) is 5.81. The zero-order chi connectivity index (χ0) is 20.6. The summed E-state index contributed by atoms with van der Waals surface area (Å²) in [5, 5.41) is 3.21. The molecule has 1 unspecified atom stereocenters. The summed E-state index contributed by atoms with van der Waals surface area (Å²) >= 11 is 5.80. The van der Waals surface area contributed by atoms with Gasteiger partial charge in [0, 0.05) is 23.6 Å². The fraction of sp³-hybridized carbons (Fsp3) is 0.250. The molecule has 3 aromatic carbocycles. The molecule has 4 nitrogen and oxygen atoms in total. The lowest BCUT2D eigenvalue weighted by Gasteiger charge is -2.30. The first-order chi connectivity index (χ1) is 14.0. The van der Waals surface area contributed by atoms with Gasteiger partial charge in [-0.2, -0.15) is 0 Å². The highest BCUT2D eigenvalue weighted by Crippen LogP contribution is 2.17. The van der Waals surface area contributed by atoms with E-state index in [1.54, 1.807) is 36.1 Å². The Balaban J connectivity index is 0.000000200. The molecule has 1 aliphatic heterocycles. The maximum Gasteiger partial charge on any atom is 0.307 e. The summed E-state index contributed by atoms with van der Waals surface area (Å²) in [7, 11) is 0. The predicted molar refractivity (Wildman–Crippen MR) is 116 cm³/mol. The van der Waals surface area contributed by atoms with E-state index in [1.807, 2.05) is 0 Å². The van der Waals surface area contributed by atoms with Crippen LogP contribution in [0.25, 0.3) is 10.8 Å². The Hall–Kier alpha value is -2.85. The molecule has 1 heterocycles. The largest absolute Gasteiger partial charge is 0.442 e. The molecule has 150 valence electrons. The molecule has 0 bridgehead atoms. The first-order valence-corrected chi connectivity index (χ1v) is 10.1. The van der Waals surface area contributed by atoms with E-state index in [1.165, 1.54) is 10.8 Å². The van der Waals surface area contributed by atoms with Crippen LogP contribution in [0.2, 0.25) is 5.02 Å². The maximum absolute atomic E-state index is 12.4. The van der Waals surface area contributed by atoms with E-state index >= 15 is 0 Å². The summed E-state index contributed by atoms with van der Waals surface area (Å²) < 4.78 is 5.21. The van der Waals surface area contributed by atoms with Crippen molar-refractivity contribution in [1.82, 2.24) is 4.90 Å². The fourth-order valence-electron chi connectivity index (χ4n) is 3.20. The lowest BCUT2D eigenvalue weighted by Crippen LogP contribution is -2.43. The average Bonchev–Trinajstić information content (AvgIpc) is 2.73. The zero-order valence-electron chi connectivity index (χ0n) is 16.4. The molecule has 1 atom stereocenters. The smallest absolute Gasteiger partial charge is 0.307 e. The minimum atomic E-state index is -0.532. The normalized spacial score (nSPS) is 16.8. The van der Waals surface area contributed by atoms with Gasteiger partial charge in [-0.1, -0.05) is 60.1 Å². The van der Waals surface area contributed by atoms with Crippen LogP contribution in [0.4, 0.5) is 0 Å². The van der Waals surface area contributed by atoms with Crippen LogP contribution in [0.3, 0.4) is 0 Å². The van der Waals surface area contributed by atoms with Crippen molar-refractivity contribution < 1.29 is 14.3 Å². The van der Waals surface area contributed by atoms with Gasteiger partial charge >= 0.3 is 5.97 Å². The number of halogens is 1. The Bertz CT molecular complexity index is 906. The Labute approximate surface area is 176 Å². The van der Waals surface area contributed by atoms with Crippen molar-refractivity contribution in [3.8, 4) is 0 Å². The number of rotatable bonds is 1. The second-order valence-electron chi connectivity index (χ2n) is 6.90. The molecule has 3 aromatic rings. The zero-order valence-corrected chi connectivity index (χ0v) is 17.1. The molecule has 5 heteroatoms. The molecular weight excluding hydrogens is 386 g/mol. The second-order valence-corrected chi connectivity index (χ2v) is 7.34. The number of ether oxygens (including phenoxy) is 1. The van der Waals surface area contributed by atoms with Crippen molar-refractivity contribution in [2.24, 2.45) is 0 Å². The first-order valence-electron chi connectivity index (χ1n) is 9.74. The number of carbonyl (C=O) groups excluding carboxylic acids is 2. The summed E-state index contributed by atoms with van der Waals surface area (Å²) in [6, 6.07) is 23.4. The van der Waals surface area contributed by atoms with Crippen LogP contribution in [0, 0.1) is 0 Å². The number of fused-ring (bicyclic) bond motifs is 1. The van der Waals surface area contributed by atoms with E-state index in [4.69, 9.17) is 16.3 Å². The molecule has 0 spiro atoms. The molecule has 0 aliphatic carbocycles. The van der Waals surface area contributed by atoms with E-state index in [-0.39, 0.29) is 11.9 Å². The van der Waals surface area contributed by atoms with E-state index in [2.05, 4.69) is 48.5 Å². The highest BCUT2D eigenvalue weighted by atomic mass is 35.5. The third-order valence-electron chi connectivity index (χ3n) is 4.78. The number of cyclic esters (lactones) is 1. The molecular formula is C24H24ClNO3. The van der Waals surface area contributed by atoms with Crippen LogP contribution in [0.1, 0.15) is 36.5 Å². The van der Waals surface area contributed by atoms with E-state index in [0.717, 1.165) is 12.8 Å². The van der Waals surface area contributed by atoms with Gasteiger partial charge in [-0.25, -0.2) is 0 Å². The second kappa shape index (κ2) is 10.1. The molecule has 4 rings (SSSR count). The number of amides is 1. The van der Waals surface area contributed by atoms with Gasteiger partial charge in [0.2, 0.25) is 0 Å². The van der Waals surface area contributed by atoms with Crippen molar-refractivity contribution in [1.29, 1.82) is 0 Å². The lowest BCUT2D eigenvalue weighted by molar-refractivity contribution is -0.156. The summed E-state index contributed by atoms with van der Waals surface area (Å²) in [6.07, 6.45) is 1.44. The van der Waals surface area contributed by atoms with Gasteiger partial charge in [0.25, 0.3) is 5.91 Å². The molecule has 1 fully saturated rings. The average molecular weight is 410 g/mol. The molecule has 0 N–H and O–H groups in total. The quantitative estimate of drug-likeness (QED) is 0.484. The lowest BCUT2D eigenvalue weighted by atomic mass is 10.1. The molecule has 29 heavy (non-hydrogen) atoms. The topological polar surface area (TPSA) is 46.6 Å². The minimum Gasteiger partial charge on any atom is -0.442 e. The Morgan fingerprint density at radius 2 is 1.48 bits per heavy atom. The molecule has 1 aliphatic rings. The summed E-state index contributed by atoms with van der Waals surface area (Å²) in [5.41, 5.74) is 0.549. The first kappa shape index (κ1) is 20.9. The molecule has 0 aromatic heterocycles. The van der Waals surface area contributed by atoms with Gasteiger partial charge in [-0.3, -0.25) is 9.59 Å². The van der Waals surface area contributed by atoms with Crippen LogP contribution in [-0.2, 0) is 9.53 Å². The Morgan fingerprint density at radius 1 is 0.931 bits per heavy atom. The van der Waals surface area contributed by atoms with Crippen molar-refractivity contribution in [2.75, 3.05) is 6.54 Å². The van der Waals surface area contributed by atoms with Crippen LogP contribution in [0.15, 0.2) is 72.8 Å². The number of nitrogens with zero attached hydrogens (tertiary/aromatic N) is 1. The number of benzene rings is 3. The van der Waals surface area contributed by atoms with Gasteiger partial charge < -0.3 is 9.64 Å².